The van der Waals surface area contributed by atoms with Gasteiger partial charge in [0.15, 0.2) is 0 Å². The lowest BCUT2D eigenvalue weighted by Crippen LogP contribution is -2.29. The molecule has 0 atom stereocenters. The van der Waals surface area contributed by atoms with Crippen molar-refractivity contribution in [3.05, 3.63) is 75.2 Å². The molecular weight excluding hydrogens is 580 g/mol. The number of oxazole rings is 1. The van der Waals surface area contributed by atoms with E-state index in [0.29, 0.717) is 23.8 Å². The molecule has 0 amide bonds. The van der Waals surface area contributed by atoms with Crippen LogP contribution >= 0.6 is 12.4 Å². The van der Waals surface area contributed by atoms with E-state index in [-0.39, 0.29) is 42.9 Å². The molecule has 1 saturated carbocycles. The lowest BCUT2D eigenvalue weighted by molar-refractivity contribution is -0.143. The Balaban J connectivity index is 0.00000405. The topological polar surface area (TPSA) is 55.3 Å². The molecule has 1 fully saturated rings. The number of alkyl halides is 6. The molecule has 5 rings (SSSR count). The van der Waals surface area contributed by atoms with E-state index in [2.05, 4.69) is 28.9 Å². The maximum Gasteiger partial charge on any atom is 0.416 e. The van der Waals surface area contributed by atoms with E-state index in [1.165, 1.54) is 36.8 Å². The van der Waals surface area contributed by atoms with Crippen molar-refractivity contribution < 1.29 is 30.8 Å². The van der Waals surface area contributed by atoms with Crippen molar-refractivity contribution >= 4 is 24.1 Å². The molecule has 0 bridgehead atoms. The quantitative estimate of drug-likeness (QED) is 0.245. The molecule has 42 heavy (non-hydrogen) atoms. The van der Waals surface area contributed by atoms with Crippen molar-refractivity contribution in [3.8, 4) is 0 Å². The molecule has 3 aromatic rings. The first-order valence-corrected chi connectivity index (χ1v) is 14.3. The summed E-state index contributed by atoms with van der Waals surface area (Å²) in [5, 5.41) is 0. The summed E-state index contributed by atoms with van der Waals surface area (Å²) < 4.78 is 85.9. The summed E-state index contributed by atoms with van der Waals surface area (Å²) in [6.07, 6.45) is -1.27. The largest absolute Gasteiger partial charge is 0.428 e. The molecule has 0 spiro atoms. The Labute approximate surface area is 248 Å². The third kappa shape index (κ3) is 7.36. The Morgan fingerprint density at radius 3 is 2.10 bits per heavy atom. The molecule has 0 saturated heterocycles. The average molecular weight is 616 g/mol. The van der Waals surface area contributed by atoms with E-state index in [0.717, 1.165) is 55.7 Å². The monoisotopic (exact) mass is 615 g/mol. The molecule has 1 heterocycles. The fourth-order valence-electron chi connectivity index (χ4n) is 6.34. The first-order chi connectivity index (χ1) is 19.4. The second-order valence-corrected chi connectivity index (χ2v) is 11.3. The lowest BCUT2D eigenvalue weighted by Gasteiger charge is -2.29. The van der Waals surface area contributed by atoms with Crippen molar-refractivity contribution in [2.24, 2.45) is 5.92 Å². The van der Waals surface area contributed by atoms with E-state index in [1.807, 2.05) is 0 Å². The number of nitrogens with zero attached hydrogens (tertiary/aromatic N) is 2. The summed E-state index contributed by atoms with van der Waals surface area (Å²) in [6.45, 7) is 3.98. The van der Waals surface area contributed by atoms with Crippen LogP contribution < -0.4 is 10.6 Å². The van der Waals surface area contributed by atoms with Gasteiger partial charge in [0.2, 0.25) is 0 Å². The summed E-state index contributed by atoms with van der Waals surface area (Å²) in [5.74, 6) is 1.14. The van der Waals surface area contributed by atoms with Crippen molar-refractivity contribution in [2.75, 3.05) is 23.7 Å². The van der Waals surface area contributed by atoms with Gasteiger partial charge in [0.05, 0.1) is 16.8 Å². The van der Waals surface area contributed by atoms with Gasteiger partial charge >= 0.3 is 12.4 Å². The number of halogens is 7. The fraction of sp³-hybridized carbons (Fsp3) is 0.516. The van der Waals surface area contributed by atoms with Gasteiger partial charge in [-0.15, -0.1) is 12.4 Å². The highest BCUT2D eigenvalue weighted by Crippen LogP contribution is 2.38. The Bertz CT molecular complexity index is 1350. The maximum absolute atomic E-state index is 13.3. The van der Waals surface area contributed by atoms with Crippen LogP contribution in [0, 0.1) is 5.92 Å². The molecule has 230 valence electrons. The Kier molecular flexibility index (Phi) is 9.75. The highest BCUT2D eigenvalue weighted by atomic mass is 35.5. The van der Waals surface area contributed by atoms with Crippen molar-refractivity contribution in [3.63, 3.8) is 0 Å². The zero-order valence-electron chi connectivity index (χ0n) is 23.5. The van der Waals surface area contributed by atoms with Gasteiger partial charge in [-0.1, -0.05) is 18.9 Å². The smallest absolute Gasteiger partial charge is 0.416 e. The van der Waals surface area contributed by atoms with Crippen molar-refractivity contribution in [1.82, 2.24) is 4.98 Å². The molecule has 2 aliphatic carbocycles. The highest BCUT2D eigenvalue weighted by molar-refractivity contribution is 5.85. The maximum atomic E-state index is 13.3. The van der Waals surface area contributed by atoms with Crippen LogP contribution in [0.4, 0.5) is 38.0 Å². The van der Waals surface area contributed by atoms with E-state index in [1.54, 1.807) is 0 Å². The Hall–Kier alpha value is -2.88. The minimum atomic E-state index is -4.90. The molecule has 2 aromatic carbocycles. The number of hydrogen-bond donors (Lipinski definition) is 1. The molecule has 1 aromatic heterocycles. The van der Waals surface area contributed by atoms with Crippen LogP contribution in [0.5, 0.6) is 0 Å². The van der Waals surface area contributed by atoms with Gasteiger partial charge in [-0.3, -0.25) is 0 Å². The number of fused-ring (bicyclic) bond motifs is 1. The van der Waals surface area contributed by atoms with Crippen LogP contribution in [-0.2, 0) is 44.5 Å². The summed E-state index contributed by atoms with van der Waals surface area (Å²) in [7, 11) is 0. The fourth-order valence-corrected chi connectivity index (χ4v) is 6.34. The van der Waals surface area contributed by atoms with Crippen LogP contribution in [-0.4, -0.2) is 18.1 Å². The highest BCUT2D eigenvalue weighted by Gasteiger charge is 2.37. The summed E-state index contributed by atoms with van der Waals surface area (Å²) >= 11 is 0. The van der Waals surface area contributed by atoms with Gasteiger partial charge in [0.25, 0.3) is 6.01 Å². The molecule has 11 heteroatoms. The number of nitrogens with two attached hydrogens (primary N) is 1. The van der Waals surface area contributed by atoms with Crippen LogP contribution in [0.15, 0.2) is 34.7 Å². The lowest BCUT2D eigenvalue weighted by atomic mass is 9.97. The summed E-state index contributed by atoms with van der Waals surface area (Å²) in [5.41, 5.74) is 8.49. The standard InChI is InChI=1S/C31H35F6N3O.ClH/c1-2-40(18-19-6-3-4-7-19)27-15-22-9-5-8-21(22)14-23(27)16-28-26(39-29(38)41-28)11-10-20-12-24(30(32,33)34)17-25(13-20)31(35,36)37;/h12-15,17,19H,2-11,16,18H2,1H3,(H2,38,39);1H. The van der Waals surface area contributed by atoms with Gasteiger partial charge in [-0.05, 0) is 104 Å². The predicted octanol–water partition coefficient (Wildman–Crippen LogP) is 8.60. The molecule has 0 radical (unpaired) electrons. The minimum absolute atomic E-state index is 0. The molecule has 2 N–H and O–H groups in total. The molecule has 2 aliphatic rings. The summed E-state index contributed by atoms with van der Waals surface area (Å²) in [6, 6.07) is 6.11. The number of hydrogen-bond acceptors (Lipinski definition) is 4. The molecular formula is C31H36ClF6N3O. The Morgan fingerprint density at radius 2 is 1.50 bits per heavy atom. The number of anilines is 2. The van der Waals surface area contributed by atoms with Gasteiger partial charge in [0, 0.05) is 25.2 Å². The van der Waals surface area contributed by atoms with E-state index >= 15 is 0 Å². The van der Waals surface area contributed by atoms with E-state index in [9.17, 15) is 26.3 Å². The number of benzene rings is 2. The number of aromatic nitrogens is 1. The molecule has 4 nitrogen and oxygen atoms in total. The van der Waals surface area contributed by atoms with Gasteiger partial charge in [-0.2, -0.15) is 31.3 Å². The zero-order valence-corrected chi connectivity index (χ0v) is 24.3. The van der Waals surface area contributed by atoms with Crippen LogP contribution in [0.3, 0.4) is 0 Å². The third-order valence-corrected chi connectivity index (χ3v) is 8.41. The number of aryl methyl sites for hydroxylation is 4. The van der Waals surface area contributed by atoms with Gasteiger partial charge in [-0.25, -0.2) is 0 Å². The van der Waals surface area contributed by atoms with Crippen LogP contribution in [0.25, 0.3) is 0 Å². The normalized spacial score (nSPS) is 15.6. The molecule has 0 unspecified atom stereocenters. The van der Waals surface area contributed by atoms with Crippen molar-refractivity contribution in [2.45, 2.75) is 83.5 Å². The SMILES string of the molecule is CCN(CC1CCCC1)c1cc2c(cc1Cc1oc(N)nc1CCc1cc(C(F)(F)F)cc(C(F)(F)F)c1)CCC2.Cl. The first-order valence-electron chi connectivity index (χ1n) is 14.3. The zero-order chi connectivity index (χ0) is 29.4. The van der Waals surface area contributed by atoms with Crippen LogP contribution in [0.2, 0.25) is 0 Å². The number of nitrogen functional groups attached to an aromatic ring is 1. The second-order valence-electron chi connectivity index (χ2n) is 11.3. The second kappa shape index (κ2) is 12.8. The van der Waals surface area contributed by atoms with E-state index < -0.39 is 23.5 Å². The third-order valence-electron chi connectivity index (χ3n) is 8.41. The molecule has 0 aliphatic heterocycles. The van der Waals surface area contributed by atoms with Gasteiger partial charge in [0.1, 0.15) is 5.76 Å². The van der Waals surface area contributed by atoms with Crippen LogP contribution in [0.1, 0.15) is 83.9 Å². The van der Waals surface area contributed by atoms with E-state index in [4.69, 9.17) is 10.2 Å². The summed E-state index contributed by atoms with van der Waals surface area (Å²) in [4.78, 5) is 6.69. The van der Waals surface area contributed by atoms with Gasteiger partial charge < -0.3 is 15.1 Å². The minimum Gasteiger partial charge on any atom is -0.428 e. The van der Waals surface area contributed by atoms with Crippen molar-refractivity contribution in [1.29, 1.82) is 0 Å². The average Bonchev–Trinajstić information content (AvgIpc) is 3.66. The first kappa shape index (κ1) is 32.0. The number of rotatable bonds is 9. The Morgan fingerprint density at radius 1 is 0.881 bits per heavy atom. The predicted molar refractivity (Wildman–Crippen MR) is 153 cm³/mol.